The zero-order valence-corrected chi connectivity index (χ0v) is 18.2. The van der Waals surface area contributed by atoms with Crippen LogP contribution in [-0.4, -0.2) is 33.1 Å². The number of benzene rings is 3. The number of rotatable bonds is 6. The quantitative estimate of drug-likeness (QED) is 0.324. The number of aryl methyl sites for hydroxylation is 2. The van der Waals surface area contributed by atoms with Crippen molar-refractivity contribution < 1.29 is 14.3 Å². The van der Waals surface area contributed by atoms with Gasteiger partial charge in [-0.25, -0.2) is 14.5 Å². The molecular weight excluding hydrogens is 402 g/mol. The molecule has 0 unspecified atom stereocenters. The lowest BCUT2D eigenvalue weighted by Crippen LogP contribution is -2.15. The Morgan fingerprint density at radius 1 is 0.906 bits per heavy atom. The summed E-state index contributed by atoms with van der Waals surface area (Å²) in [6.45, 7) is 5.64. The maximum Gasteiger partial charge on any atom is 0.378 e. The van der Waals surface area contributed by atoms with E-state index in [1.807, 2.05) is 69.3 Å². The minimum absolute atomic E-state index is 0.0942. The number of hydrogen-bond donors (Lipinski definition) is 0. The fourth-order valence-electron chi connectivity index (χ4n) is 3.41. The van der Waals surface area contributed by atoms with E-state index < -0.39 is 5.97 Å². The van der Waals surface area contributed by atoms with E-state index in [2.05, 4.69) is 10.1 Å². The SMILES string of the molecule is Cc1cccc(-c2nc(C(=O)OCC(=O)c3ccccc3)nn2-c2cccc(C)c2C)c1. The van der Waals surface area contributed by atoms with Crippen LogP contribution < -0.4 is 0 Å². The second-order valence-corrected chi connectivity index (χ2v) is 7.62. The van der Waals surface area contributed by atoms with Crippen LogP contribution in [0.25, 0.3) is 17.1 Å². The van der Waals surface area contributed by atoms with Gasteiger partial charge in [-0.3, -0.25) is 4.79 Å². The van der Waals surface area contributed by atoms with E-state index in [0.717, 1.165) is 27.9 Å². The first-order valence-electron chi connectivity index (χ1n) is 10.3. The van der Waals surface area contributed by atoms with Gasteiger partial charge in [-0.15, -0.1) is 5.10 Å². The first-order chi connectivity index (χ1) is 15.4. The highest BCUT2D eigenvalue weighted by Crippen LogP contribution is 2.25. The Kier molecular flexibility index (Phi) is 5.94. The molecule has 0 atom stereocenters. The number of hydrogen-bond acceptors (Lipinski definition) is 5. The summed E-state index contributed by atoms with van der Waals surface area (Å²) in [6, 6.07) is 22.4. The zero-order chi connectivity index (χ0) is 22.7. The third kappa shape index (κ3) is 4.34. The minimum atomic E-state index is -0.743. The van der Waals surface area contributed by atoms with Gasteiger partial charge in [0.05, 0.1) is 5.69 Å². The van der Waals surface area contributed by atoms with Crippen molar-refractivity contribution in [1.82, 2.24) is 14.8 Å². The first-order valence-corrected chi connectivity index (χ1v) is 10.3. The lowest BCUT2D eigenvalue weighted by Gasteiger charge is -2.11. The number of ketones is 1. The van der Waals surface area contributed by atoms with Crippen molar-refractivity contribution in [1.29, 1.82) is 0 Å². The van der Waals surface area contributed by atoms with Crippen molar-refractivity contribution in [2.45, 2.75) is 20.8 Å². The Bertz CT molecular complexity index is 1290. The molecular formula is C26H23N3O3. The summed E-state index contributed by atoms with van der Waals surface area (Å²) in [4.78, 5) is 29.5. The van der Waals surface area contributed by atoms with Crippen LogP contribution in [0.2, 0.25) is 0 Å². The smallest absolute Gasteiger partial charge is 0.378 e. The Hall–Kier alpha value is -4.06. The molecule has 1 aromatic heterocycles. The molecule has 1 heterocycles. The van der Waals surface area contributed by atoms with Gasteiger partial charge < -0.3 is 4.74 Å². The second kappa shape index (κ2) is 8.98. The van der Waals surface area contributed by atoms with Crippen molar-refractivity contribution in [2.75, 3.05) is 6.61 Å². The molecule has 3 aromatic carbocycles. The van der Waals surface area contributed by atoms with Crippen molar-refractivity contribution in [2.24, 2.45) is 0 Å². The van der Waals surface area contributed by atoms with Crippen LogP contribution in [0.1, 0.15) is 37.7 Å². The van der Waals surface area contributed by atoms with Crippen LogP contribution in [-0.2, 0) is 4.74 Å². The molecule has 0 aliphatic carbocycles. The van der Waals surface area contributed by atoms with Gasteiger partial charge in [-0.05, 0) is 44.0 Å². The van der Waals surface area contributed by atoms with Crippen molar-refractivity contribution in [3.8, 4) is 17.1 Å². The summed E-state index contributed by atoms with van der Waals surface area (Å²) in [5.74, 6) is -0.592. The van der Waals surface area contributed by atoms with Crippen LogP contribution in [0, 0.1) is 20.8 Å². The number of ether oxygens (including phenoxy) is 1. The third-order valence-electron chi connectivity index (χ3n) is 5.30. The third-order valence-corrected chi connectivity index (χ3v) is 5.30. The van der Waals surface area contributed by atoms with Crippen molar-refractivity contribution in [3.05, 3.63) is 101 Å². The number of carbonyl (C=O) groups is 2. The van der Waals surface area contributed by atoms with E-state index >= 15 is 0 Å². The van der Waals surface area contributed by atoms with Crippen LogP contribution in [0.15, 0.2) is 72.8 Å². The molecule has 0 fully saturated rings. The molecule has 4 aromatic rings. The van der Waals surface area contributed by atoms with E-state index in [4.69, 9.17) is 4.74 Å². The Morgan fingerprint density at radius 3 is 2.41 bits per heavy atom. The summed E-state index contributed by atoms with van der Waals surface area (Å²) in [6.07, 6.45) is 0. The molecule has 160 valence electrons. The molecule has 0 aliphatic rings. The first kappa shape index (κ1) is 21.2. The van der Waals surface area contributed by atoms with Crippen LogP contribution >= 0.6 is 0 Å². The van der Waals surface area contributed by atoms with Crippen molar-refractivity contribution >= 4 is 11.8 Å². The summed E-state index contributed by atoms with van der Waals surface area (Å²) in [5, 5.41) is 4.46. The molecule has 32 heavy (non-hydrogen) atoms. The van der Waals surface area contributed by atoms with Crippen LogP contribution in [0.3, 0.4) is 0 Å². The fraction of sp³-hybridized carbons (Fsp3) is 0.154. The van der Waals surface area contributed by atoms with E-state index in [-0.39, 0.29) is 18.2 Å². The molecule has 0 aliphatic heterocycles. The van der Waals surface area contributed by atoms with Gasteiger partial charge in [0.15, 0.2) is 18.2 Å². The molecule has 0 amide bonds. The van der Waals surface area contributed by atoms with Gasteiger partial charge in [-0.2, -0.15) is 0 Å². The van der Waals surface area contributed by atoms with E-state index in [1.165, 1.54) is 0 Å². The lowest BCUT2D eigenvalue weighted by molar-refractivity contribution is 0.0462. The number of nitrogens with zero attached hydrogens (tertiary/aromatic N) is 3. The average molecular weight is 425 g/mol. The molecule has 6 nitrogen and oxygen atoms in total. The fourth-order valence-corrected chi connectivity index (χ4v) is 3.41. The zero-order valence-electron chi connectivity index (χ0n) is 18.2. The highest BCUT2D eigenvalue weighted by molar-refractivity contribution is 5.98. The molecule has 0 bridgehead atoms. The van der Waals surface area contributed by atoms with Gasteiger partial charge in [0.1, 0.15) is 0 Å². The molecule has 0 saturated carbocycles. The maximum absolute atomic E-state index is 12.7. The van der Waals surface area contributed by atoms with Crippen molar-refractivity contribution in [3.63, 3.8) is 0 Å². The number of aromatic nitrogens is 3. The normalized spacial score (nSPS) is 10.7. The second-order valence-electron chi connectivity index (χ2n) is 7.62. The molecule has 0 spiro atoms. The van der Waals surface area contributed by atoms with Gasteiger partial charge in [-0.1, -0.05) is 66.2 Å². The van der Waals surface area contributed by atoms with E-state index in [1.54, 1.807) is 28.9 Å². The van der Waals surface area contributed by atoms with Gasteiger partial charge in [0.2, 0.25) is 0 Å². The molecule has 4 rings (SSSR count). The molecule has 0 saturated heterocycles. The van der Waals surface area contributed by atoms with Gasteiger partial charge in [0, 0.05) is 11.1 Å². The van der Waals surface area contributed by atoms with E-state index in [0.29, 0.717) is 11.4 Å². The number of Topliss-reactive ketones (excluding diaryl/α,β-unsaturated/α-hetero) is 1. The van der Waals surface area contributed by atoms with Gasteiger partial charge in [0.25, 0.3) is 5.82 Å². The summed E-state index contributed by atoms with van der Waals surface area (Å²) in [7, 11) is 0. The molecule has 0 N–H and O–H groups in total. The largest absolute Gasteiger partial charge is 0.451 e. The van der Waals surface area contributed by atoms with Crippen LogP contribution in [0.4, 0.5) is 0 Å². The monoisotopic (exact) mass is 425 g/mol. The summed E-state index contributed by atoms with van der Waals surface area (Å²) in [5.41, 5.74) is 5.34. The highest BCUT2D eigenvalue weighted by Gasteiger charge is 2.22. The number of carbonyl (C=O) groups excluding carboxylic acids is 2. The van der Waals surface area contributed by atoms with Gasteiger partial charge >= 0.3 is 5.97 Å². The maximum atomic E-state index is 12.7. The Morgan fingerprint density at radius 2 is 1.66 bits per heavy atom. The minimum Gasteiger partial charge on any atom is -0.451 e. The molecule has 0 radical (unpaired) electrons. The average Bonchev–Trinajstić information content (AvgIpc) is 3.25. The van der Waals surface area contributed by atoms with E-state index in [9.17, 15) is 9.59 Å². The highest BCUT2D eigenvalue weighted by atomic mass is 16.5. The topological polar surface area (TPSA) is 74.1 Å². The Labute approximate surface area is 186 Å². The molecule has 6 heteroatoms. The number of esters is 1. The predicted octanol–water partition coefficient (Wildman–Crippen LogP) is 4.90. The standard InChI is InChI=1S/C26H23N3O3/c1-17-9-7-13-21(15-17)25-27-24(28-29(25)22-14-8-10-18(2)19(22)3)26(31)32-16-23(30)20-11-5-4-6-12-20/h4-15H,16H2,1-3H3. The summed E-state index contributed by atoms with van der Waals surface area (Å²) >= 11 is 0. The predicted molar refractivity (Wildman–Crippen MR) is 122 cm³/mol. The van der Waals surface area contributed by atoms with Crippen LogP contribution in [0.5, 0.6) is 0 Å². The lowest BCUT2D eigenvalue weighted by atomic mass is 10.1. The Balaban J connectivity index is 1.68. The summed E-state index contributed by atoms with van der Waals surface area (Å²) < 4.78 is 6.89.